The molecule has 0 rings (SSSR count). The van der Waals surface area contributed by atoms with Crippen molar-refractivity contribution >= 4 is 11.8 Å². The minimum Gasteiger partial charge on any atom is -0.185 e. The van der Waals surface area contributed by atoms with Crippen LogP contribution in [0.15, 0.2) is 35.8 Å². The highest BCUT2D eigenvalue weighted by molar-refractivity contribution is 8.07. The highest BCUT2D eigenvalue weighted by Crippen LogP contribution is 2.12. The van der Waals surface area contributed by atoms with Gasteiger partial charge in [0.05, 0.1) is 0 Å². The Bertz CT molecular complexity index is 208. The van der Waals surface area contributed by atoms with Crippen molar-refractivity contribution in [2.24, 2.45) is 0 Å². The van der Waals surface area contributed by atoms with E-state index >= 15 is 0 Å². The monoisotopic (exact) mass is 151 g/mol. The Hall–Kier alpha value is -0.940. The molecule has 0 unspecified atom stereocenters. The molecule has 0 N–H and O–H groups in total. The van der Waals surface area contributed by atoms with E-state index in [1.807, 2.05) is 18.4 Å². The SMILES string of the molecule is C=C(C)/C=C\C(=C)SC#N. The van der Waals surface area contributed by atoms with Crippen LogP contribution in [-0.2, 0) is 0 Å². The fourth-order valence-corrected chi connectivity index (χ4v) is 0.581. The molecule has 0 aliphatic carbocycles. The summed E-state index contributed by atoms with van der Waals surface area (Å²) in [7, 11) is 0. The van der Waals surface area contributed by atoms with E-state index < -0.39 is 0 Å². The number of allylic oxidation sites excluding steroid dienone is 3. The van der Waals surface area contributed by atoms with Crippen molar-refractivity contribution in [3.05, 3.63) is 35.8 Å². The predicted molar refractivity (Wildman–Crippen MR) is 46.3 cm³/mol. The molecule has 10 heavy (non-hydrogen) atoms. The molecule has 0 spiro atoms. The first-order valence-electron chi connectivity index (χ1n) is 2.75. The standard InChI is InChI=1S/C8H9NS/c1-7(2)4-5-8(3)10-6-9/h4-5H,1,3H2,2H3/b5-4-. The first-order chi connectivity index (χ1) is 4.66. The minimum atomic E-state index is 0.741. The van der Waals surface area contributed by atoms with Gasteiger partial charge in [-0.2, -0.15) is 5.26 Å². The average Bonchev–Trinajstić information content (AvgIpc) is 1.85. The van der Waals surface area contributed by atoms with Gasteiger partial charge in [0.1, 0.15) is 5.40 Å². The Morgan fingerprint density at radius 1 is 1.50 bits per heavy atom. The molecular formula is C8H9NS. The van der Waals surface area contributed by atoms with Crippen LogP contribution in [0.1, 0.15) is 6.92 Å². The van der Waals surface area contributed by atoms with Gasteiger partial charge in [0.15, 0.2) is 0 Å². The van der Waals surface area contributed by atoms with E-state index in [0.717, 1.165) is 22.2 Å². The van der Waals surface area contributed by atoms with Gasteiger partial charge >= 0.3 is 0 Å². The second-order valence-electron chi connectivity index (χ2n) is 1.84. The number of rotatable bonds is 3. The van der Waals surface area contributed by atoms with Crippen molar-refractivity contribution < 1.29 is 0 Å². The lowest BCUT2D eigenvalue weighted by Crippen LogP contribution is -1.64. The van der Waals surface area contributed by atoms with E-state index in [1.54, 1.807) is 6.08 Å². The van der Waals surface area contributed by atoms with Crippen molar-refractivity contribution in [1.29, 1.82) is 5.26 Å². The third-order valence-corrected chi connectivity index (χ3v) is 1.22. The van der Waals surface area contributed by atoms with Crippen LogP contribution in [0.3, 0.4) is 0 Å². The zero-order chi connectivity index (χ0) is 7.98. The number of hydrogen-bond donors (Lipinski definition) is 0. The number of nitriles is 1. The van der Waals surface area contributed by atoms with Crippen LogP contribution in [-0.4, -0.2) is 0 Å². The Balaban J connectivity index is 3.81. The normalized spacial score (nSPS) is 9.20. The van der Waals surface area contributed by atoms with Crippen molar-refractivity contribution in [2.45, 2.75) is 6.92 Å². The largest absolute Gasteiger partial charge is 0.185 e. The van der Waals surface area contributed by atoms with Gasteiger partial charge < -0.3 is 0 Å². The summed E-state index contributed by atoms with van der Waals surface area (Å²) in [6.45, 7) is 9.19. The quantitative estimate of drug-likeness (QED) is 0.457. The highest BCUT2D eigenvalue weighted by atomic mass is 32.2. The Labute approximate surface area is 65.7 Å². The van der Waals surface area contributed by atoms with Crippen molar-refractivity contribution in [2.75, 3.05) is 0 Å². The summed E-state index contributed by atoms with van der Waals surface area (Å²) in [5.74, 6) is 0. The second-order valence-corrected chi connectivity index (χ2v) is 2.75. The lowest BCUT2D eigenvalue weighted by atomic mass is 10.3. The average molecular weight is 151 g/mol. The second kappa shape index (κ2) is 4.89. The summed E-state index contributed by atoms with van der Waals surface area (Å²) in [5.41, 5.74) is 0.958. The maximum absolute atomic E-state index is 8.20. The van der Waals surface area contributed by atoms with Gasteiger partial charge in [-0.3, -0.25) is 0 Å². The molecule has 0 aliphatic rings. The predicted octanol–water partition coefficient (Wildman–Crippen LogP) is 2.85. The van der Waals surface area contributed by atoms with Gasteiger partial charge in [0.25, 0.3) is 0 Å². The van der Waals surface area contributed by atoms with Gasteiger partial charge in [-0.15, -0.1) is 0 Å². The van der Waals surface area contributed by atoms with Crippen molar-refractivity contribution in [1.82, 2.24) is 0 Å². The Kier molecular flexibility index (Phi) is 4.43. The third-order valence-electron chi connectivity index (χ3n) is 0.730. The molecular weight excluding hydrogens is 142 g/mol. The molecule has 0 aliphatic heterocycles. The van der Waals surface area contributed by atoms with Gasteiger partial charge in [0, 0.05) is 4.91 Å². The zero-order valence-corrected chi connectivity index (χ0v) is 6.74. The maximum atomic E-state index is 8.20. The smallest absolute Gasteiger partial charge is 0.138 e. The summed E-state index contributed by atoms with van der Waals surface area (Å²) >= 11 is 1.06. The first-order valence-corrected chi connectivity index (χ1v) is 3.57. The minimum absolute atomic E-state index is 0.741. The van der Waals surface area contributed by atoms with Gasteiger partial charge in [-0.25, -0.2) is 0 Å². The number of thioether (sulfide) groups is 1. The summed E-state index contributed by atoms with van der Waals surface area (Å²) in [6, 6.07) is 0. The molecule has 0 aromatic heterocycles. The maximum Gasteiger partial charge on any atom is 0.138 e. The van der Waals surface area contributed by atoms with Crippen molar-refractivity contribution in [3.8, 4) is 5.40 Å². The summed E-state index contributed by atoms with van der Waals surface area (Å²) in [5, 5.41) is 10.1. The molecule has 0 saturated carbocycles. The lowest BCUT2D eigenvalue weighted by Gasteiger charge is -1.87. The molecule has 0 bridgehead atoms. The van der Waals surface area contributed by atoms with E-state index in [1.165, 1.54) is 0 Å². The van der Waals surface area contributed by atoms with Crippen LogP contribution >= 0.6 is 11.8 Å². The molecule has 1 nitrogen and oxygen atoms in total. The van der Waals surface area contributed by atoms with Gasteiger partial charge in [-0.05, 0) is 24.8 Å². The summed E-state index contributed by atoms with van der Waals surface area (Å²) < 4.78 is 0. The first kappa shape index (κ1) is 9.06. The molecule has 52 valence electrons. The molecule has 0 amide bonds. The fourth-order valence-electron chi connectivity index (χ4n) is 0.328. The van der Waals surface area contributed by atoms with Crippen LogP contribution in [0.5, 0.6) is 0 Å². The molecule has 0 radical (unpaired) electrons. The van der Waals surface area contributed by atoms with Crippen LogP contribution in [0.25, 0.3) is 0 Å². The molecule has 0 saturated heterocycles. The number of nitrogens with zero attached hydrogens (tertiary/aromatic N) is 1. The molecule has 0 heterocycles. The molecule has 0 aromatic rings. The van der Waals surface area contributed by atoms with E-state index in [-0.39, 0.29) is 0 Å². The summed E-state index contributed by atoms with van der Waals surface area (Å²) in [6.07, 6.45) is 3.60. The van der Waals surface area contributed by atoms with E-state index in [2.05, 4.69) is 13.2 Å². The van der Waals surface area contributed by atoms with Crippen LogP contribution < -0.4 is 0 Å². The van der Waals surface area contributed by atoms with Gasteiger partial charge in [0.2, 0.25) is 0 Å². The topological polar surface area (TPSA) is 23.8 Å². The van der Waals surface area contributed by atoms with Crippen LogP contribution in [0, 0.1) is 10.7 Å². The van der Waals surface area contributed by atoms with E-state index in [4.69, 9.17) is 5.26 Å². The Morgan fingerprint density at radius 2 is 2.10 bits per heavy atom. The molecule has 2 heteroatoms. The molecule has 0 aromatic carbocycles. The van der Waals surface area contributed by atoms with Crippen LogP contribution in [0.2, 0.25) is 0 Å². The third kappa shape index (κ3) is 5.20. The van der Waals surface area contributed by atoms with Gasteiger partial charge in [-0.1, -0.05) is 24.8 Å². The van der Waals surface area contributed by atoms with Crippen molar-refractivity contribution in [3.63, 3.8) is 0 Å². The van der Waals surface area contributed by atoms with E-state index in [9.17, 15) is 0 Å². The summed E-state index contributed by atoms with van der Waals surface area (Å²) in [4.78, 5) is 0.741. The van der Waals surface area contributed by atoms with Crippen LogP contribution in [0.4, 0.5) is 0 Å². The zero-order valence-electron chi connectivity index (χ0n) is 5.92. The lowest BCUT2D eigenvalue weighted by molar-refractivity contribution is 1.56. The number of thiocyanates is 1. The fraction of sp³-hybridized carbons (Fsp3) is 0.125. The molecule has 0 fully saturated rings. The Morgan fingerprint density at radius 3 is 2.50 bits per heavy atom. The highest BCUT2D eigenvalue weighted by Gasteiger charge is 1.84. The van der Waals surface area contributed by atoms with E-state index in [0.29, 0.717) is 0 Å². The number of hydrogen-bond acceptors (Lipinski definition) is 2. The molecule has 0 atom stereocenters.